The Morgan fingerprint density at radius 2 is 0.684 bits per heavy atom. The summed E-state index contributed by atoms with van der Waals surface area (Å²) in [6, 6.07) is 1.63. The first kappa shape index (κ1) is 37.2. The van der Waals surface area contributed by atoms with Crippen molar-refractivity contribution >= 4 is 49.7 Å². The van der Waals surface area contributed by atoms with E-state index in [1.54, 1.807) is 6.04 Å². The van der Waals surface area contributed by atoms with Gasteiger partial charge >= 0.3 is 0 Å². The molecule has 0 amide bonds. The minimum atomic E-state index is -1.84. The van der Waals surface area contributed by atoms with Crippen molar-refractivity contribution in [3.05, 3.63) is 0 Å². The summed E-state index contributed by atoms with van der Waals surface area (Å²) in [5.74, 6) is 0. The quantitative estimate of drug-likeness (QED) is 0.272. The third-order valence-corrected chi connectivity index (χ3v) is 113. The molecule has 0 saturated heterocycles. The van der Waals surface area contributed by atoms with E-state index in [4.69, 9.17) is 0 Å². The van der Waals surface area contributed by atoms with E-state index in [0.717, 1.165) is 0 Å². The van der Waals surface area contributed by atoms with Crippen LogP contribution in [0.25, 0.3) is 0 Å². The zero-order valence-corrected chi connectivity index (χ0v) is 37.2. The fourth-order valence-electron chi connectivity index (χ4n) is 10.0. The molecule has 1 aliphatic heterocycles. The highest BCUT2D eigenvalue weighted by Crippen LogP contribution is 2.70. The van der Waals surface area contributed by atoms with Gasteiger partial charge in [-0.1, -0.05) is 164 Å². The summed E-state index contributed by atoms with van der Waals surface area (Å²) in [5, 5.41) is 2.48. The van der Waals surface area contributed by atoms with Crippen molar-refractivity contribution in [2.45, 2.75) is 200 Å². The van der Waals surface area contributed by atoms with Crippen LogP contribution >= 0.6 is 0 Å². The van der Waals surface area contributed by atoms with Gasteiger partial charge in [0.05, 0.1) is 37.5 Å². The van der Waals surface area contributed by atoms with E-state index in [2.05, 4.69) is 169 Å². The lowest BCUT2D eigenvalue weighted by Crippen LogP contribution is -2.98. The summed E-state index contributed by atoms with van der Waals surface area (Å²) in [5.41, 5.74) is 0. The maximum absolute atomic E-state index is 3.02. The minimum Gasteiger partial charge on any atom is -0.107 e. The van der Waals surface area contributed by atoms with Crippen molar-refractivity contribution in [1.82, 2.24) is 0 Å². The summed E-state index contributed by atoms with van der Waals surface area (Å²) in [6.07, 6.45) is 0. The molecule has 0 spiro atoms. The van der Waals surface area contributed by atoms with Gasteiger partial charge in [-0.2, -0.15) is 0 Å². The molecule has 0 aromatic heterocycles. The summed E-state index contributed by atoms with van der Waals surface area (Å²) in [4.78, 5) is 2.24. The fourth-order valence-corrected chi connectivity index (χ4v) is 178. The molecule has 226 valence electrons. The maximum atomic E-state index is 3.02. The van der Waals surface area contributed by atoms with Gasteiger partial charge in [0, 0.05) is 0 Å². The van der Waals surface area contributed by atoms with Crippen molar-refractivity contribution in [1.29, 1.82) is 0 Å². The first-order valence-corrected chi connectivity index (χ1v) is 34.4. The molecule has 0 saturated carbocycles. The molecule has 0 fully saturated rings. The summed E-state index contributed by atoms with van der Waals surface area (Å²) < 4.78 is 0. The number of hydrogen-bond donors (Lipinski definition) is 0. The Kier molecular flexibility index (Phi) is 9.38. The van der Waals surface area contributed by atoms with Crippen LogP contribution in [-0.2, 0) is 0 Å². The van der Waals surface area contributed by atoms with E-state index in [0.29, 0.717) is 30.2 Å². The standard InChI is InChI=1S/C32H74Si6/c1-27(2,3)35(22,28(4,5)6)33-26(34(19,20)21)25-38(33,36(23,29(7,8)9)30(10,11)12)37(24,31(13,14)15)32(16,17)18/h25H2,1-24H3. The predicted molar refractivity (Wildman–Crippen MR) is 198 cm³/mol. The predicted octanol–water partition coefficient (Wildman–Crippen LogP) is 11.9. The molecule has 0 atom stereocenters. The molecule has 0 aliphatic carbocycles. The van der Waals surface area contributed by atoms with Crippen molar-refractivity contribution < 1.29 is 0 Å². The van der Waals surface area contributed by atoms with E-state index in [-0.39, 0.29) is 0 Å². The summed E-state index contributed by atoms with van der Waals surface area (Å²) in [6.45, 7) is 64.3. The topological polar surface area (TPSA) is 0 Å². The van der Waals surface area contributed by atoms with Crippen LogP contribution in [0.3, 0.4) is 0 Å². The van der Waals surface area contributed by atoms with Crippen molar-refractivity contribution in [3.63, 3.8) is 0 Å². The third kappa shape index (κ3) is 4.85. The van der Waals surface area contributed by atoms with Crippen molar-refractivity contribution in [3.8, 4) is 0 Å². The van der Waals surface area contributed by atoms with Crippen molar-refractivity contribution in [2.24, 2.45) is 0 Å². The van der Waals surface area contributed by atoms with Gasteiger partial charge in [-0.3, -0.25) is 0 Å². The van der Waals surface area contributed by atoms with Gasteiger partial charge in [0.1, 0.15) is 0 Å². The van der Waals surface area contributed by atoms with Gasteiger partial charge in [0.15, 0.2) is 0 Å². The van der Waals surface area contributed by atoms with E-state index >= 15 is 0 Å². The van der Waals surface area contributed by atoms with Crippen LogP contribution in [0.2, 0.25) is 75.6 Å². The van der Waals surface area contributed by atoms with Crippen LogP contribution in [0, 0.1) is 0 Å². The van der Waals surface area contributed by atoms with Crippen molar-refractivity contribution in [2.75, 3.05) is 0 Å². The molecular formula is C32H74Si6. The normalized spacial score (nSPS) is 19.6. The second-order valence-electron chi connectivity index (χ2n) is 21.1. The molecular weight excluding hydrogens is 553 g/mol. The second-order valence-corrected chi connectivity index (χ2v) is 71.6. The molecule has 1 heterocycles. The average Bonchev–Trinajstić information content (AvgIpc) is 2.53. The zero-order valence-electron chi connectivity index (χ0n) is 31.2. The van der Waals surface area contributed by atoms with E-state index < -0.39 is 44.9 Å². The van der Waals surface area contributed by atoms with Gasteiger partial charge in [0.2, 0.25) is 0 Å². The van der Waals surface area contributed by atoms with Gasteiger partial charge in [0.25, 0.3) is 0 Å². The molecule has 0 nitrogen and oxygen atoms in total. The Balaban J connectivity index is 4.95. The number of hydrogen-bond acceptors (Lipinski definition) is 0. The SMILES string of the molecule is CC(C)(C)[Si](C)([Si]1=C([Si](C)(C)C)C[Si]1([Si](C)(C(C)(C)C)C(C)(C)C)[Si](C)(C(C)(C)C)C(C)(C)C)C(C)(C)C. The van der Waals surface area contributed by atoms with Gasteiger partial charge in [-0.05, 0) is 43.7 Å². The van der Waals surface area contributed by atoms with E-state index in [9.17, 15) is 0 Å². The zero-order chi connectivity index (χ0) is 31.4. The van der Waals surface area contributed by atoms with Crippen LogP contribution in [0.5, 0.6) is 0 Å². The average molecular weight is 627 g/mol. The fraction of sp³-hybridized carbons (Fsp3) is 0.969. The Labute approximate surface area is 248 Å². The number of rotatable bonds is 4. The minimum absolute atomic E-state index is 0.411. The highest BCUT2D eigenvalue weighted by molar-refractivity contribution is 8.00. The Hall–Kier alpha value is 1.17. The molecule has 6 heteroatoms. The van der Waals surface area contributed by atoms with Crippen LogP contribution in [0.4, 0.5) is 0 Å². The Morgan fingerprint density at radius 1 is 0.447 bits per heavy atom. The molecule has 1 rings (SSSR count). The van der Waals surface area contributed by atoms with Crippen LogP contribution < -0.4 is 0 Å². The Morgan fingerprint density at radius 3 is 0.842 bits per heavy atom. The molecule has 1 aliphatic rings. The lowest BCUT2D eigenvalue weighted by molar-refractivity contribution is 0.622. The first-order valence-electron chi connectivity index (χ1n) is 15.7. The lowest BCUT2D eigenvalue weighted by atomic mass is 10.2. The highest BCUT2D eigenvalue weighted by Gasteiger charge is 2.81. The molecule has 0 bridgehead atoms. The Bertz CT molecular complexity index is 842. The molecule has 0 radical (unpaired) electrons. The van der Waals surface area contributed by atoms with Gasteiger partial charge in [-0.15, -0.1) is 4.79 Å². The maximum Gasteiger partial charge on any atom is 0.0677 e. The first-order chi connectivity index (χ1) is 16.0. The smallest absolute Gasteiger partial charge is 0.0677 e. The summed E-state index contributed by atoms with van der Waals surface area (Å²) >= 11 is 0. The molecule has 0 aromatic rings. The van der Waals surface area contributed by atoms with Gasteiger partial charge < -0.3 is 0 Å². The summed E-state index contributed by atoms with van der Waals surface area (Å²) in [7, 11) is -7.54. The largest absolute Gasteiger partial charge is 0.107 e. The van der Waals surface area contributed by atoms with Crippen LogP contribution in [0.15, 0.2) is 0 Å². The van der Waals surface area contributed by atoms with E-state index in [1.165, 1.54) is 0 Å². The van der Waals surface area contributed by atoms with Crippen LogP contribution in [-0.4, -0.2) is 49.7 Å². The lowest BCUT2D eigenvalue weighted by Gasteiger charge is -2.78. The van der Waals surface area contributed by atoms with Crippen LogP contribution in [0.1, 0.15) is 125 Å². The molecule has 0 aromatic carbocycles. The monoisotopic (exact) mass is 626 g/mol. The molecule has 0 N–H and O–H groups in total. The third-order valence-electron chi connectivity index (χ3n) is 13.3. The van der Waals surface area contributed by atoms with E-state index in [1.807, 2.05) is 0 Å². The van der Waals surface area contributed by atoms with Gasteiger partial charge in [-0.25, -0.2) is 0 Å². The highest BCUT2D eigenvalue weighted by atomic mass is 30.0. The second kappa shape index (κ2) is 9.59. The molecule has 38 heavy (non-hydrogen) atoms. The molecule has 0 unspecified atom stereocenters.